The van der Waals surface area contributed by atoms with E-state index < -0.39 is 0 Å². The number of pyridine rings is 2. The molecule has 0 aliphatic rings. The average molecular weight is 750 g/mol. The third kappa shape index (κ3) is 8.56. The van der Waals surface area contributed by atoms with E-state index in [-0.39, 0.29) is 28.5 Å². The van der Waals surface area contributed by atoms with Crippen molar-refractivity contribution in [1.29, 1.82) is 0 Å². The van der Waals surface area contributed by atoms with Crippen molar-refractivity contribution in [3.63, 3.8) is 0 Å². The van der Waals surface area contributed by atoms with E-state index in [4.69, 9.17) is 9.97 Å². The molecule has 0 saturated carbocycles. The van der Waals surface area contributed by atoms with Crippen LogP contribution in [0.2, 0.25) is 0 Å². The van der Waals surface area contributed by atoms with E-state index in [1.165, 1.54) is 11.1 Å². The van der Waals surface area contributed by atoms with Gasteiger partial charge in [0.05, 0.1) is 11.4 Å². The van der Waals surface area contributed by atoms with Crippen LogP contribution in [-0.2, 0) is 10.8 Å². The Balaban J connectivity index is 1.46. The van der Waals surface area contributed by atoms with Crippen LogP contribution >= 0.6 is 0 Å². The maximum absolute atomic E-state index is 12.1. The smallest absolute Gasteiger partial charge is 0.133 e. The molecule has 0 amide bonds. The fraction of sp³-hybridized carbons (Fsp3) is 0.245. The lowest BCUT2D eigenvalue weighted by Crippen LogP contribution is -2.26. The molecule has 2 heterocycles. The second kappa shape index (κ2) is 15.9. The standard InChI is InChI=1S/C53H55N3O/c1-35(2)56(50-22-16-17-27-54-50)45-29-41(40-25-23-38(24-26-40)36(3)37-18-12-10-13-19-37)28-43(30-45)48-31-42(39-20-14-11-15-21-39)32-49(55-48)46-33-44(52(4,5)6)34-47(51(46)57)53(7,8)9/h10-36,57H,1-9H3. The first kappa shape index (κ1) is 39.2. The van der Waals surface area contributed by atoms with Crippen LogP contribution in [0.3, 0.4) is 0 Å². The van der Waals surface area contributed by atoms with Crippen molar-refractivity contribution in [2.45, 2.75) is 85.1 Å². The van der Waals surface area contributed by atoms with Gasteiger partial charge in [0.15, 0.2) is 0 Å². The number of aromatic hydroxyl groups is 1. The molecular weight excluding hydrogens is 695 g/mol. The molecule has 7 rings (SSSR count). The molecule has 0 spiro atoms. The number of nitrogens with zero attached hydrogens (tertiary/aromatic N) is 3. The van der Waals surface area contributed by atoms with E-state index in [0.29, 0.717) is 0 Å². The number of hydrogen-bond donors (Lipinski definition) is 1. The summed E-state index contributed by atoms with van der Waals surface area (Å²) < 4.78 is 0. The van der Waals surface area contributed by atoms with Gasteiger partial charge in [-0.3, -0.25) is 0 Å². The largest absolute Gasteiger partial charge is 0.507 e. The Bertz CT molecular complexity index is 2460. The van der Waals surface area contributed by atoms with Crippen LogP contribution in [0, 0.1) is 0 Å². The fourth-order valence-corrected chi connectivity index (χ4v) is 7.60. The number of aromatic nitrogens is 2. The first-order valence-corrected chi connectivity index (χ1v) is 20.1. The van der Waals surface area contributed by atoms with Gasteiger partial charge in [-0.25, -0.2) is 9.97 Å². The van der Waals surface area contributed by atoms with Crippen LogP contribution in [-0.4, -0.2) is 21.1 Å². The van der Waals surface area contributed by atoms with Gasteiger partial charge in [-0.1, -0.05) is 146 Å². The third-order valence-electron chi connectivity index (χ3n) is 10.9. The van der Waals surface area contributed by atoms with Gasteiger partial charge in [-0.2, -0.15) is 0 Å². The van der Waals surface area contributed by atoms with Crippen LogP contribution in [0.25, 0.3) is 44.8 Å². The molecule has 4 nitrogen and oxygen atoms in total. The first-order valence-electron chi connectivity index (χ1n) is 20.1. The van der Waals surface area contributed by atoms with Crippen molar-refractivity contribution in [3.8, 4) is 50.5 Å². The van der Waals surface area contributed by atoms with Crippen LogP contribution < -0.4 is 4.90 Å². The van der Waals surface area contributed by atoms with Gasteiger partial charge in [0, 0.05) is 40.5 Å². The first-order chi connectivity index (χ1) is 27.2. The number of anilines is 2. The molecule has 0 radical (unpaired) electrons. The average Bonchev–Trinajstić information content (AvgIpc) is 3.20. The molecule has 1 atom stereocenters. The number of phenolic OH excluding ortho intramolecular Hbond substituents is 1. The van der Waals surface area contributed by atoms with Gasteiger partial charge in [-0.15, -0.1) is 0 Å². The van der Waals surface area contributed by atoms with E-state index in [2.05, 4.69) is 195 Å². The van der Waals surface area contributed by atoms with Gasteiger partial charge in [0.1, 0.15) is 11.6 Å². The maximum atomic E-state index is 12.1. The highest BCUT2D eigenvalue weighted by Crippen LogP contribution is 2.44. The lowest BCUT2D eigenvalue weighted by atomic mass is 9.78. The van der Waals surface area contributed by atoms with Gasteiger partial charge in [0.25, 0.3) is 0 Å². The predicted molar refractivity (Wildman–Crippen MR) is 241 cm³/mol. The van der Waals surface area contributed by atoms with Crippen molar-refractivity contribution in [1.82, 2.24) is 9.97 Å². The van der Waals surface area contributed by atoms with Gasteiger partial charge >= 0.3 is 0 Å². The molecule has 7 aromatic rings. The van der Waals surface area contributed by atoms with Crippen LogP contribution in [0.15, 0.2) is 152 Å². The summed E-state index contributed by atoms with van der Waals surface area (Å²) in [5.41, 5.74) is 12.9. The van der Waals surface area contributed by atoms with E-state index in [0.717, 1.165) is 67.4 Å². The highest BCUT2D eigenvalue weighted by molar-refractivity contribution is 5.84. The second-order valence-electron chi connectivity index (χ2n) is 17.6. The predicted octanol–water partition coefficient (Wildman–Crippen LogP) is 14.1. The zero-order valence-electron chi connectivity index (χ0n) is 34.9. The summed E-state index contributed by atoms with van der Waals surface area (Å²) in [5.74, 6) is 1.44. The van der Waals surface area contributed by atoms with E-state index in [1.54, 1.807) is 0 Å². The van der Waals surface area contributed by atoms with Gasteiger partial charge in [-0.05, 0) is 112 Å². The lowest BCUT2D eigenvalue weighted by Gasteiger charge is -2.29. The molecule has 57 heavy (non-hydrogen) atoms. The topological polar surface area (TPSA) is 49.3 Å². The Morgan fingerprint density at radius 1 is 0.526 bits per heavy atom. The molecular formula is C53H55N3O. The van der Waals surface area contributed by atoms with Crippen molar-refractivity contribution < 1.29 is 5.11 Å². The molecule has 0 saturated heterocycles. The molecule has 1 unspecified atom stereocenters. The quantitative estimate of drug-likeness (QED) is 0.160. The summed E-state index contributed by atoms with van der Waals surface area (Å²) in [5, 5.41) is 12.1. The van der Waals surface area contributed by atoms with Crippen molar-refractivity contribution in [3.05, 3.63) is 174 Å². The zero-order valence-corrected chi connectivity index (χ0v) is 34.9. The molecule has 2 aromatic heterocycles. The van der Waals surface area contributed by atoms with E-state index >= 15 is 0 Å². The van der Waals surface area contributed by atoms with Gasteiger partial charge < -0.3 is 10.0 Å². The number of hydrogen-bond acceptors (Lipinski definition) is 4. The monoisotopic (exact) mass is 749 g/mol. The Hall–Kier alpha value is -6.00. The van der Waals surface area contributed by atoms with Crippen molar-refractivity contribution in [2.75, 3.05) is 4.90 Å². The van der Waals surface area contributed by atoms with E-state index in [9.17, 15) is 5.11 Å². The molecule has 0 fully saturated rings. The van der Waals surface area contributed by atoms with Crippen LogP contribution in [0.5, 0.6) is 5.75 Å². The fourth-order valence-electron chi connectivity index (χ4n) is 7.60. The zero-order chi connectivity index (χ0) is 40.5. The molecule has 1 N–H and O–H groups in total. The summed E-state index contributed by atoms with van der Waals surface area (Å²) >= 11 is 0. The second-order valence-corrected chi connectivity index (χ2v) is 17.6. The Morgan fingerprint density at radius 3 is 1.72 bits per heavy atom. The highest BCUT2D eigenvalue weighted by Gasteiger charge is 2.27. The Morgan fingerprint density at radius 2 is 1.11 bits per heavy atom. The maximum Gasteiger partial charge on any atom is 0.133 e. The minimum atomic E-state index is -0.274. The molecule has 4 heteroatoms. The lowest BCUT2D eigenvalue weighted by molar-refractivity contribution is 0.446. The minimum absolute atomic E-state index is 0.129. The number of rotatable bonds is 9. The third-order valence-corrected chi connectivity index (χ3v) is 10.9. The molecule has 288 valence electrons. The van der Waals surface area contributed by atoms with Crippen LogP contribution in [0.4, 0.5) is 11.5 Å². The SMILES string of the molecule is CC(c1ccccc1)c1ccc(-c2cc(-c3cc(-c4ccccc4)cc(-c4cc(C(C)(C)C)cc(C(C)(C)C)c4O)n3)cc(N(c3ccccn3)C(C)C)c2)cc1. The number of phenols is 1. The summed E-state index contributed by atoms with van der Waals surface area (Å²) in [7, 11) is 0. The van der Waals surface area contributed by atoms with Gasteiger partial charge in [0.2, 0.25) is 0 Å². The number of benzene rings is 5. The van der Waals surface area contributed by atoms with Crippen LogP contribution in [0.1, 0.15) is 90.5 Å². The minimum Gasteiger partial charge on any atom is -0.507 e. The molecule has 0 bridgehead atoms. The summed E-state index contributed by atoms with van der Waals surface area (Å²) in [4.78, 5) is 12.5. The summed E-state index contributed by atoms with van der Waals surface area (Å²) in [6.45, 7) is 19.8. The Labute approximate surface area is 340 Å². The molecule has 0 aliphatic heterocycles. The normalized spacial score (nSPS) is 12.5. The van der Waals surface area contributed by atoms with Crippen molar-refractivity contribution >= 4 is 11.5 Å². The summed E-state index contributed by atoms with van der Waals surface area (Å²) in [6, 6.07) is 51.6. The summed E-state index contributed by atoms with van der Waals surface area (Å²) in [6.07, 6.45) is 1.85. The Kier molecular flexibility index (Phi) is 10.9. The molecule has 5 aromatic carbocycles. The van der Waals surface area contributed by atoms with Crippen molar-refractivity contribution in [2.24, 2.45) is 0 Å². The molecule has 0 aliphatic carbocycles. The highest BCUT2D eigenvalue weighted by atomic mass is 16.3. The van der Waals surface area contributed by atoms with E-state index in [1.807, 2.05) is 24.4 Å².